The van der Waals surface area contributed by atoms with Crippen LogP contribution in [0.4, 0.5) is 17.1 Å². The van der Waals surface area contributed by atoms with E-state index < -0.39 is 7.12 Å². The molecule has 182 valence electrons. The van der Waals surface area contributed by atoms with E-state index in [9.17, 15) is 10.0 Å². The smallest absolute Gasteiger partial charge is 0.423 e. The van der Waals surface area contributed by atoms with Crippen LogP contribution in [-0.4, -0.2) is 17.2 Å². The lowest BCUT2D eigenvalue weighted by molar-refractivity contribution is 0.426. The van der Waals surface area contributed by atoms with Gasteiger partial charge in [0.1, 0.15) is 0 Å². The average Bonchev–Trinajstić information content (AvgIpc) is 2.99. The van der Waals surface area contributed by atoms with Gasteiger partial charge < -0.3 is 14.9 Å². The van der Waals surface area contributed by atoms with Gasteiger partial charge in [-0.15, -0.1) is 0 Å². The quantitative estimate of drug-likeness (QED) is 0.240. The molecule has 0 aliphatic heterocycles. The molecule has 0 aliphatic rings. The second-order valence-electron chi connectivity index (χ2n) is 9.25. The van der Waals surface area contributed by atoms with Crippen LogP contribution < -0.4 is 10.4 Å². The zero-order valence-corrected chi connectivity index (χ0v) is 20.8. The number of nitrogens with zero attached hydrogens (tertiary/aromatic N) is 1. The standard InChI is InChI=1S/C34H26BNO2/c37-35(38)33-23-24-34(32-14-8-7-13-31(32)33)36(29-11-5-2-6-12-29)30-21-19-28(20-22-30)27-17-15-26(16-18-27)25-9-3-1-4-10-25/h1-24,37-38H. The number of benzene rings is 6. The molecule has 0 heterocycles. The highest BCUT2D eigenvalue weighted by molar-refractivity contribution is 6.62. The molecule has 6 aromatic carbocycles. The van der Waals surface area contributed by atoms with Crippen molar-refractivity contribution in [2.75, 3.05) is 4.90 Å². The fourth-order valence-electron chi connectivity index (χ4n) is 5.02. The molecule has 0 aliphatic carbocycles. The first kappa shape index (κ1) is 23.7. The Kier molecular flexibility index (Phi) is 6.49. The Hall–Kier alpha value is -4.64. The van der Waals surface area contributed by atoms with Crippen LogP contribution >= 0.6 is 0 Å². The van der Waals surface area contributed by atoms with E-state index in [2.05, 4.69) is 89.8 Å². The molecular weight excluding hydrogens is 465 g/mol. The van der Waals surface area contributed by atoms with Crippen LogP contribution in [0.15, 0.2) is 146 Å². The molecule has 0 fully saturated rings. The highest BCUT2D eigenvalue weighted by atomic mass is 16.4. The number of para-hydroxylation sites is 1. The van der Waals surface area contributed by atoms with Crippen LogP contribution in [0.2, 0.25) is 0 Å². The van der Waals surface area contributed by atoms with Crippen molar-refractivity contribution < 1.29 is 10.0 Å². The molecule has 0 unspecified atom stereocenters. The number of fused-ring (bicyclic) bond motifs is 1. The zero-order chi connectivity index (χ0) is 25.9. The predicted molar refractivity (Wildman–Crippen MR) is 159 cm³/mol. The summed E-state index contributed by atoms with van der Waals surface area (Å²) in [6.07, 6.45) is 0. The second kappa shape index (κ2) is 10.4. The van der Waals surface area contributed by atoms with E-state index in [1.165, 1.54) is 11.1 Å². The van der Waals surface area contributed by atoms with E-state index in [1.54, 1.807) is 6.07 Å². The largest absolute Gasteiger partial charge is 0.489 e. The monoisotopic (exact) mass is 491 g/mol. The lowest BCUT2D eigenvalue weighted by Gasteiger charge is -2.27. The maximum absolute atomic E-state index is 9.95. The van der Waals surface area contributed by atoms with Gasteiger partial charge in [-0.05, 0) is 63.4 Å². The van der Waals surface area contributed by atoms with Gasteiger partial charge in [0, 0.05) is 16.8 Å². The van der Waals surface area contributed by atoms with Crippen LogP contribution in [-0.2, 0) is 0 Å². The van der Waals surface area contributed by atoms with Crippen LogP contribution in [0, 0.1) is 0 Å². The van der Waals surface area contributed by atoms with Crippen molar-refractivity contribution in [3.63, 3.8) is 0 Å². The minimum Gasteiger partial charge on any atom is -0.423 e. The normalized spacial score (nSPS) is 10.9. The molecule has 0 bridgehead atoms. The minimum atomic E-state index is -1.54. The van der Waals surface area contributed by atoms with Crippen molar-refractivity contribution in [2.45, 2.75) is 0 Å². The fraction of sp³-hybridized carbons (Fsp3) is 0. The predicted octanol–water partition coefficient (Wildman–Crippen LogP) is 7.32. The summed E-state index contributed by atoms with van der Waals surface area (Å²) in [5.41, 5.74) is 8.21. The van der Waals surface area contributed by atoms with Crippen molar-refractivity contribution in [1.82, 2.24) is 0 Å². The van der Waals surface area contributed by atoms with E-state index in [1.807, 2.05) is 54.6 Å². The Morgan fingerprint density at radius 1 is 0.395 bits per heavy atom. The molecule has 6 aromatic rings. The van der Waals surface area contributed by atoms with Crippen LogP contribution in [0.1, 0.15) is 0 Å². The first-order valence-corrected chi connectivity index (χ1v) is 12.7. The Labute approximate surface area is 223 Å². The van der Waals surface area contributed by atoms with Crippen LogP contribution in [0.25, 0.3) is 33.0 Å². The zero-order valence-electron chi connectivity index (χ0n) is 20.8. The second-order valence-corrected chi connectivity index (χ2v) is 9.25. The van der Waals surface area contributed by atoms with Gasteiger partial charge in [0.2, 0.25) is 0 Å². The molecule has 0 saturated carbocycles. The Morgan fingerprint density at radius 3 is 1.42 bits per heavy atom. The van der Waals surface area contributed by atoms with Gasteiger partial charge >= 0.3 is 7.12 Å². The van der Waals surface area contributed by atoms with E-state index in [0.29, 0.717) is 5.46 Å². The molecule has 0 aromatic heterocycles. The Balaban J connectivity index is 1.40. The van der Waals surface area contributed by atoms with Gasteiger partial charge in [-0.1, -0.05) is 115 Å². The molecular formula is C34H26BNO2. The third kappa shape index (κ3) is 4.59. The van der Waals surface area contributed by atoms with Gasteiger partial charge in [0.25, 0.3) is 0 Å². The molecule has 38 heavy (non-hydrogen) atoms. The summed E-state index contributed by atoms with van der Waals surface area (Å²) in [7, 11) is -1.54. The summed E-state index contributed by atoms with van der Waals surface area (Å²) in [4.78, 5) is 2.21. The highest BCUT2D eigenvalue weighted by Gasteiger charge is 2.20. The third-order valence-electron chi connectivity index (χ3n) is 6.92. The van der Waals surface area contributed by atoms with Gasteiger partial charge in [0.15, 0.2) is 0 Å². The molecule has 4 heteroatoms. The van der Waals surface area contributed by atoms with E-state index >= 15 is 0 Å². The first-order valence-electron chi connectivity index (χ1n) is 12.7. The lowest BCUT2D eigenvalue weighted by atomic mass is 9.77. The molecule has 0 amide bonds. The highest BCUT2D eigenvalue weighted by Crippen LogP contribution is 2.39. The van der Waals surface area contributed by atoms with E-state index in [4.69, 9.17) is 0 Å². The van der Waals surface area contributed by atoms with Gasteiger partial charge in [0.05, 0.1) is 5.69 Å². The number of hydrogen-bond donors (Lipinski definition) is 2. The number of hydrogen-bond acceptors (Lipinski definition) is 3. The van der Waals surface area contributed by atoms with Crippen LogP contribution in [0.5, 0.6) is 0 Å². The van der Waals surface area contributed by atoms with E-state index in [-0.39, 0.29) is 0 Å². The average molecular weight is 491 g/mol. The first-order chi connectivity index (χ1) is 18.7. The number of anilines is 3. The fourth-order valence-corrected chi connectivity index (χ4v) is 5.02. The maximum Gasteiger partial charge on any atom is 0.489 e. The molecule has 0 spiro atoms. The van der Waals surface area contributed by atoms with Crippen LogP contribution in [0.3, 0.4) is 0 Å². The van der Waals surface area contributed by atoms with Crippen molar-refractivity contribution in [3.05, 3.63) is 146 Å². The van der Waals surface area contributed by atoms with Gasteiger partial charge in [-0.3, -0.25) is 0 Å². The lowest BCUT2D eigenvalue weighted by Crippen LogP contribution is -2.30. The summed E-state index contributed by atoms with van der Waals surface area (Å²) in [5, 5.41) is 21.7. The Morgan fingerprint density at radius 2 is 0.842 bits per heavy atom. The molecule has 0 saturated heterocycles. The Bertz CT molecular complexity index is 1670. The summed E-state index contributed by atoms with van der Waals surface area (Å²) in [6.45, 7) is 0. The van der Waals surface area contributed by atoms with Gasteiger partial charge in [-0.25, -0.2) is 0 Å². The van der Waals surface area contributed by atoms with Gasteiger partial charge in [-0.2, -0.15) is 0 Å². The summed E-state index contributed by atoms with van der Waals surface area (Å²) >= 11 is 0. The molecule has 2 N–H and O–H groups in total. The van der Waals surface area contributed by atoms with Crippen molar-refractivity contribution in [3.8, 4) is 22.3 Å². The molecule has 0 atom stereocenters. The topological polar surface area (TPSA) is 43.7 Å². The van der Waals surface area contributed by atoms with Crippen molar-refractivity contribution >= 4 is 40.4 Å². The summed E-state index contributed by atoms with van der Waals surface area (Å²) in [5.74, 6) is 0. The summed E-state index contributed by atoms with van der Waals surface area (Å²) in [6, 6.07) is 49.5. The minimum absolute atomic E-state index is 0.492. The van der Waals surface area contributed by atoms with Crippen molar-refractivity contribution in [1.29, 1.82) is 0 Å². The van der Waals surface area contributed by atoms with E-state index in [0.717, 1.165) is 39.0 Å². The number of rotatable bonds is 6. The SMILES string of the molecule is OB(O)c1ccc(N(c2ccccc2)c2ccc(-c3ccc(-c4ccccc4)cc3)cc2)c2ccccc12. The maximum atomic E-state index is 9.95. The third-order valence-corrected chi connectivity index (χ3v) is 6.92. The molecule has 0 radical (unpaired) electrons. The van der Waals surface area contributed by atoms with Crippen molar-refractivity contribution in [2.24, 2.45) is 0 Å². The molecule has 3 nitrogen and oxygen atoms in total. The molecule has 6 rings (SSSR count). The summed E-state index contributed by atoms with van der Waals surface area (Å²) < 4.78 is 0.